The van der Waals surface area contributed by atoms with Gasteiger partial charge in [-0.3, -0.25) is 0 Å². The standard InChI is InChI=1S/C13H28.2H3O4P/c1-3-5-7-9-11-13-12-10-8-6-4-2;2*1-5(2,3)4/h3-13H2,1-2H3;2*(H3,1,2,3,4). The molecule has 0 unspecified atom stereocenters. The summed E-state index contributed by atoms with van der Waals surface area (Å²) in [6.45, 7) is 4.56. The summed E-state index contributed by atoms with van der Waals surface area (Å²) in [7, 11) is -9.28. The molecule has 0 bridgehead atoms. The lowest BCUT2D eigenvalue weighted by molar-refractivity contribution is 0.272. The highest BCUT2D eigenvalue weighted by Gasteiger charge is 2.00. The first-order valence-electron chi connectivity index (χ1n) is 7.98. The number of hydrogen-bond acceptors (Lipinski definition) is 2. The molecule has 0 aromatic rings. The van der Waals surface area contributed by atoms with Crippen LogP contribution in [0.1, 0.15) is 84.5 Å². The van der Waals surface area contributed by atoms with Gasteiger partial charge >= 0.3 is 15.6 Å². The van der Waals surface area contributed by atoms with Crippen LogP contribution in [0.25, 0.3) is 0 Å². The maximum absolute atomic E-state index is 8.88. The molecule has 8 nitrogen and oxygen atoms in total. The van der Waals surface area contributed by atoms with Crippen molar-refractivity contribution >= 4 is 15.6 Å². The third kappa shape index (κ3) is 87.0. The summed E-state index contributed by atoms with van der Waals surface area (Å²) in [5.74, 6) is 0. The zero-order valence-electron chi connectivity index (χ0n) is 14.2. The molecule has 0 aliphatic rings. The summed E-state index contributed by atoms with van der Waals surface area (Å²) in [5.41, 5.74) is 0. The van der Waals surface area contributed by atoms with Crippen LogP contribution >= 0.6 is 15.6 Å². The molecule has 0 saturated heterocycles. The zero-order chi connectivity index (χ0) is 18.8. The molecule has 10 heteroatoms. The lowest BCUT2D eigenvalue weighted by atomic mass is 10.1. The molecule has 0 radical (unpaired) electrons. The smallest absolute Gasteiger partial charge is 0.303 e. The number of phosphoric acid groups is 2. The van der Waals surface area contributed by atoms with Crippen molar-refractivity contribution in [2.24, 2.45) is 0 Å². The normalized spacial score (nSPS) is 11.1. The van der Waals surface area contributed by atoms with Crippen LogP contribution in [-0.2, 0) is 9.13 Å². The quantitative estimate of drug-likeness (QED) is 0.249. The summed E-state index contributed by atoms with van der Waals surface area (Å²) >= 11 is 0. The fourth-order valence-corrected chi connectivity index (χ4v) is 1.74. The van der Waals surface area contributed by atoms with Gasteiger partial charge in [-0.25, -0.2) is 9.13 Å². The van der Waals surface area contributed by atoms with Gasteiger partial charge in [-0.1, -0.05) is 84.5 Å². The van der Waals surface area contributed by atoms with Crippen LogP contribution in [0.4, 0.5) is 0 Å². The third-order valence-corrected chi connectivity index (χ3v) is 2.71. The second-order valence-corrected chi connectivity index (χ2v) is 7.26. The van der Waals surface area contributed by atoms with E-state index < -0.39 is 15.6 Å². The van der Waals surface area contributed by atoms with Crippen molar-refractivity contribution in [2.75, 3.05) is 0 Å². The summed E-state index contributed by atoms with van der Waals surface area (Å²) < 4.78 is 17.8. The van der Waals surface area contributed by atoms with Crippen LogP contribution in [0.3, 0.4) is 0 Å². The molecule has 23 heavy (non-hydrogen) atoms. The Labute approximate surface area is 139 Å². The van der Waals surface area contributed by atoms with Gasteiger partial charge in [0, 0.05) is 0 Å². The third-order valence-electron chi connectivity index (χ3n) is 2.71. The van der Waals surface area contributed by atoms with Crippen LogP contribution in [0.2, 0.25) is 0 Å². The van der Waals surface area contributed by atoms with Gasteiger partial charge in [-0.05, 0) is 0 Å². The van der Waals surface area contributed by atoms with Crippen molar-refractivity contribution in [1.29, 1.82) is 0 Å². The Balaban J connectivity index is -0.000000329. The van der Waals surface area contributed by atoms with Gasteiger partial charge in [-0.2, -0.15) is 0 Å². The number of hydrogen-bond donors (Lipinski definition) is 6. The minimum atomic E-state index is -4.64. The van der Waals surface area contributed by atoms with Gasteiger partial charge in [0.05, 0.1) is 0 Å². The molecule has 144 valence electrons. The molecule has 0 heterocycles. The first-order chi connectivity index (χ1) is 10.4. The van der Waals surface area contributed by atoms with E-state index >= 15 is 0 Å². The van der Waals surface area contributed by atoms with Gasteiger partial charge in [0.25, 0.3) is 0 Å². The molecular weight excluding hydrogens is 346 g/mol. The zero-order valence-corrected chi connectivity index (χ0v) is 16.0. The van der Waals surface area contributed by atoms with E-state index in [0.29, 0.717) is 0 Å². The first kappa shape index (κ1) is 28.0. The Morgan fingerprint density at radius 1 is 0.478 bits per heavy atom. The van der Waals surface area contributed by atoms with Gasteiger partial charge in [0.2, 0.25) is 0 Å². The number of unbranched alkanes of at least 4 members (excludes halogenated alkanes) is 10. The minimum Gasteiger partial charge on any atom is -0.303 e. The topological polar surface area (TPSA) is 156 Å². The van der Waals surface area contributed by atoms with E-state index in [1.807, 2.05) is 0 Å². The molecule has 0 saturated carbocycles. The van der Waals surface area contributed by atoms with Gasteiger partial charge in [0.1, 0.15) is 0 Å². The Kier molecular flexibility index (Phi) is 22.6. The lowest BCUT2D eigenvalue weighted by Gasteiger charge is -2.00. The molecule has 0 aliphatic heterocycles. The van der Waals surface area contributed by atoms with Crippen LogP contribution in [0.5, 0.6) is 0 Å². The SMILES string of the molecule is CCCCCCCCCCCCC.O=P(O)(O)O.O=P(O)(O)O. The Morgan fingerprint density at radius 3 is 0.739 bits per heavy atom. The van der Waals surface area contributed by atoms with Crippen LogP contribution in [0, 0.1) is 0 Å². The Morgan fingerprint density at radius 2 is 0.609 bits per heavy atom. The van der Waals surface area contributed by atoms with Crippen molar-refractivity contribution in [2.45, 2.75) is 84.5 Å². The average Bonchev–Trinajstić information content (AvgIpc) is 2.33. The van der Waals surface area contributed by atoms with E-state index in [-0.39, 0.29) is 0 Å². The summed E-state index contributed by atoms with van der Waals surface area (Å²) in [6, 6.07) is 0. The maximum Gasteiger partial charge on any atom is 0.466 e. The molecule has 0 aromatic carbocycles. The van der Waals surface area contributed by atoms with Crippen LogP contribution in [-0.4, -0.2) is 29.4 Å². The van der Waals surface area contributed by atoms with Crippen molar-refractivity contribution in [3.8, 4) is 0 Å². The molecule has 0 amide bonds. The monoisotopic (exact) mass is 380 g/mol. The van der Waals surface area contributed by atoms with E-state index in [1.54, 1.807) is 0 Å². The van der Waals surface area contributed by atoms with Gasteiger partial charge in [-0.15, -0.1) is 0 Å². The summed E-state index contributed by atoms with van der Waals surface area (Å²) in [4.78, 5) is 43.1. The molecule has 0 spiro atoms. The molecule has 6 N–H and O–H groups in total. The highest BCUT2D eigenvalue weighted by atomic mass is 31.2. The Bertz CT molecular complexity index is 267. The predicted molar refractivity (Wildman–Crippen MR) is 90.7 cm³/mol. The van der Waals surface area contributed by atoms with Crippen LogP contribution < -0.4 is 0 Å². The van der Waals surface area contributed by atoms with E-state index in [1.165, 1.54) is 70.6 Å². The molecule has 0 rings (SSSR count). The second-order valence-electron chi connectivity index (χ2n) is 5.21. The average molecular weight is 380 g/mol. The second kappa shape index (κ2) is 18.6. The fourth-order valence-electron chi connectivity index (χ4n) is 1.74. The molecule has 0 fully saturated rings. The number of rotatable bonds is 10. The summed E-state index contributed by atoms with van der Waals surface area (Å²) in [6.07, 6.45) is 15.9. The van der Waals surface area contributed by atoms with Crippen molar-refractivity contribution < 1.29 is 38.5 Å². The molecule has 0 atom stereocenters. The highest BCUT2D eigenvalue weighted by molar-refractivity contribution is 7.45. The van der Waals surface area contributed by atoms with E-state index in [4.69, 9.17) is 38.5 Å². The van der Waals surface area contributed by atoms with Crippen molar-refractivity contribution in [3.05, 3.63) is 0 Å². The van der Waals surface area contributed by atoms with Gasteiger partial charge in [0.15, 0.2) is 0 Å². The summed E-state index contributed by atoms with van der Waals surface area (Å²) in [5, 5.41) is 0. The highest BCUT2D eigenvalue weighted by Crippen LogP contribution is 2.26. The van der Waals surface area contributed by atoms with Gasteiger partial charge < -0.3 is 29.4 Å². The fraction of sp³-hybridized carbons (Fsp3) is 1.00. The van der Waals surface area contributed by atoms with Crippen molar-refractivity contribution in [1.82, 2.24) is 0 Å². The van der Waals surface area contributed by atoms with Crippen molar-refractivity contribution in [3.63, 3.8) is 0 Å². The molecule has 0 aromatic heterocycles. The van der Waals surface area contributed by atoms with Crippen LogP contribution in [0.15, 0.2) is 0 Å². The largest absolute Gasteiger partial charge is 0.466 e. The Hall–Kier alpha value is 0.220. The predicted octanol–water partition coefficient (Wildman–Crippen LogP) is 3.46. The first-order valence-corrected chi connectivity index (χ1v) is 11.1. The molecule has 0 aliphatic carbocycles. The maximum atomic E-state index is 8.88. The minimum absolute atomic E-state index is 1.37. The van der Waals surface area contributed by atoms with E-state index in [9.17, 15) is 0 Å². The van der Waals surface area contributed by atoms with E-state index in [2.05, 4.69) is 13.8 Å². The van der Waals surface area contributed by atoms with E-state index in [0.717, 1.165) is 0 Å². The molecular formula is C13H34O8P2. The lowest BCUT2D eigenvalue weighted by Crippen LogP contribution is -1.80.